The number of ketones is 2. The predicted molar refractivity (Wildman–Crippen MR) is 554 cm³/mol. The number of carbonyl (C=O) groups is 9. The lowest BCUT2D eigenvalue weighted by Gasteiger charge is -2.32. The molecule has 0 radical (unpaired) electrons. The van der Waals surface area contributed by atoms with Gasteiger partial charge in [0.15, 0.2) is 24.0 Å². The molecule has 141 heavy (non-hydrogen) atoms. The van der Waals surface area contributed by atoms with Gasteiger partial charge in [0.25, 0.3) is 10.1 Å². The number of piperidine rings is 1. The number of nitrogens with two attached hydrogens (primary N) is 2. The molecule has 6 aromatic rings. The third kappa shape index (κ3) is 28.1. The van der Waals surface area contributed by atoms with E-state index in [1.165, 1.54) is 62.7 Å². The van der Waals surface area contributed by atoms with E-state index in [1.807, 2.05) is 38.2 Å². The number of allylic oxidation sites excluding steroid dienone is 6. The first kappa shape index (κ1) is 106. The number of guanidine groups is 1. The van der Waals surface area contributed by atoms with Crippen molar-refractivity contribution in [1.82, 2.24) is 46.7 Å². The van der Waals surface area contributed by atoms with Crippen LogP contribution in [0.1, 0.15) is 184 Å². The van der Waals surface area contributed by atoms with Crippen LogP contribution in [0, 0.1) is 24.2 Å². The van der Waals surface area contributed by atoms with Crippen molar-refractivity contribution in [2.24, 2.45) is 23.3 Å². The van der Waals surface area contributed by atoms with Crippen molar-refractivity contribution < 1.29 is 74.6 Å². The number of nitrogens with one attached hydrogen (secondary N) is 8. The van der Waals surface area contributed by atoms with Crippen molar-refractivity contribution in [1.29, 1.82) is 5.41 Å². The maximum atomic E-state index is 14.4. The number of hydrogen-bond acceptors (Lipinski definition) is 19. The molecule has 3 atom stereocenters. The summed E-state index contributed by atoms with van der Waals surface area (Å²) in [6.45, 7) is 18.4. The number of aryl methyl sites for hydroxylation is 1. The van der Waals surface area contributed by atoms with Crippen molar-refractivity contribution >= 4 is 127 Å². The molecule has 6 heterocycles. The van der Waals surface area contributed by atoms with E-state index < -0.39 is 75.4 Å². The van der Waals surface area contributed by atoms with Crippen LogP contribution in [-0.4, -0.2) is 203 Å². The Kier molecular flexibility index (Phi) is 37.7. The lowest BCUT2D eigenvalue weighted by molar-refractivity contribution is -0.433. The Labute approximate surface area is 832 Å². The lowest BCUT2D eigenvalue weighted by atomic mass is 9.81. The lowest BCUT2D eigenvalue weighted by Crippen LogP contribution is -2.49. The Morgan fingerprint density at radius 1 is 0.624 bits per heavy atom. The highest BCUT2D eigenvalue weighted by molar-refractivity contribution is 7.85. The molecule has 13 N–H and O–H groups in total. The van der Waals surface area contributed by atoms with Gasteiger partial charge in [0.2, 0.25) is 58.1 Å². The van der Waals surface area contributed by atoms with E-state index in [4.69, 9.17) is 30.8 Å². The molecule has 7 aliphatic rings. The third-order valence-electron chi connectivity index (χ3n) is 27.6. The van der Waals surface area contributed by atoms with Crippen LogP contribution in [0.4, 0.5) is 28.4 Å². The van der Waals surface area contributed by atoms with Crippen LogP contribution >= 0.6 is 12.6 Å². The van der Waals surface area contributed by atoms with Crippen molar-refractivity contribution in [3.63, 3.8) is 0 Å². The van der Waals surface area contributed by atoms with Crippen molar-refractivity contribution in [3.05, 3.63) is 220 Å². The third-order valence-corrected chi connectivity index (χ3v) is 28.8. The van der Waals surface area contributed by atoms with Crippen molar-refractivity contribution in [2.75, 3.05) is 114 Å². The van der Waals surface area contributed by atoms with Crippen LogP contribution < -0.4 is 68.4 Å². The SMILES string of the molecule is CC[N+]1=C(/C=C/C=C/C=C2/N(CCCCCC(=O)NCCCC[C@H](NC(=O)[C@H](CCCNC(=N)N)CC(=O)CNC(=O)CCC(=O)CCCCCNC(=O)C3CCN(Cc4ccccc4-c4c5ccc(=[N+]6CCc7ccccc76)cc-5oc5cc(N6CCc7ccccc76)ccc45)CC3)C(=O)NCCOCCOCC(=O)N[C@@H](CS)C(N)=O)c3ccc(S(=O)(=O)O)cc3C2(C)C)C(C)(C)c2cc(C)ccc21. The minimum Gasteiger partial charge on any atom is -0.456 e. The van der Waals surface area contributed by atoms with Gasteiger partial charge in [0.05, 0.1) is 42.7 Å². The van der Waals surface area contributed by atoms with E-state index in [9.17, 15) is 56.1 Å². The molecular formula is C109H139N15O15S2+2. The molecule has 30 nitrogen and oxygen atoms in total. The molecule has 1 fully saturated rings. The number of hydrogen-bond donors (Lipinski definition) is 12. The highest BCUT2D eigenvalue weighted by atomic mass is 32.2. The fraction of sp³-hybridized carbons (Fsp3) is 0.450. The Balaban J connectivity index is 0.542. The number of thiol groups is 1. The Morgan fingerprint density at radius 3 is 2.15 bits per heavy atom. The number of fused-ring (bicyclic) bond motifs is 6. The van der Waals surface area contributed by atoms with Gasteiger partial charge in [-0.3, -0.25) is 58.0 Å². The van der Waals surface area contributed by atoms with Crippen molar-refractivity contribution in [2.45, 2.75) is 204 Å². The summed E-state index contributed by atoms with van der Waals surface area (Å²) >= 11 is 4.03. The van der Waals surface area contributed by atoms with Gasteiger partial charge >= 0.3 is 0 Å². The molecule has 32 heteroatoms. The average Bonchev–Trinajstić information content (AvgIpc) is 1.63. The zero-order valence-electron chi connectivity index (χ0n) is 82.1. The zero-order chi connectivity index (χ0) is 100. The predicted octanol–water partition coefficient (Wildman–Crippen LogP) is 12.6. The first-order valence-electron chi connectivity index (χ1n) is 49.8. The van der Waals surface area contributed by atoms with Crippen molar-refractivity contribution in [3.8, 4) is 22.5 Å². The number of amides is 7. The fourth-order valence-corrected chi connectivity index (χ4v) is 20.7. The molecule has 0 bridgehead atoms. The maximum Gasteiger partial charge on any atom is 0.294 e. The number of benzene rings is 7. The molecule has 0 unspecified atom stereocenters. The highest BCUT2D eigenvalue weighted by Gasteiger charge is 2.45. The summed E-state index contributed by atoms with van der Waals surface area (Å²) in [7, 11) is -4.49. The van der Waals surface area contributed by atoms with Gasteiger partial charge in [0, 0.05) is 188 Å². The normalized spacial score (nSPS) is 16.2. The largest absolute Gasteiger partial charge is 0.456 e. The van der Waals surface area contributed by atoms with Gasteiger partial charge in [0.1, 0.15) is 42.4 Å². The average molecular weight is 1960 g/mol. The smallest absolute Gasteiger partial charge is 0.294 e. The summed E-state index contributed by atoms with van der Waals surface area (Å²) < 4.78 is 57.6. The number of carbonyl (C=O) groups excluding carboxylic acids is 9. The summed E-state index contributed by atoms with van der Waals surface area (Å²) in [5.41, 5.74) is 29.0. The van der Waals surface area contributed by atoms with Crippen LogP contribution in [0.2, 0.25) is 0 Å². The molecular weight excluding hydrogens is 1820 g/mol. The van der Waals surface area contributed by atoms with E-state index in [-0.39, 0.29) is 137 Å². The first-order chi connectivity index (χ1) is 67.9. The maximum absolute atomic E-state index is 14.4. The molecule has 7 amide bonds. The van der Waals surface area contributed by atoms with Crippen LogP contribution in [0.3, 0.4) is 0 Å². The fourth-order valence-electron chi connectivity index (χ4n) is 19.9. The monoisotopic (exact) mass is 1960 g/mol. The van der Waals surface area contributed by atoms with Gasteiger partial charge in [-0.15, -0.1) is 0 Å². The van der Waals surface area contributed by atoms with E-state index >= 15 is 0 Å². The van der Waals surface area contributed by atoms with Gasteiger partial charge < -0.3 is 72.4 Å². The van der Waals surface area contributed by atoms with E-state index in [2.05, 4.69) is 235 Å². The Bertz CT molecular complexity index is 6170. The quantitative estimate of drug-likeness (QED) is 0.00246. The standard InChI is InChI=1S/C109H137N15O15S2/c1-7-121-93-45-38-73(2)64-87(93)108(3,4)97(121)35-12-8-13-36-98-109(5,6)88-68-83(141(134,135)136)42-46-94(88)124(98)56-24-10-14-37-99(127)113-52-23-21-32-89(106(133)115-55-61-137-62-63-138-71-101(129)118-90(72-140)103(110)130)119-105(132)77(29-25-54-116-107(111)112)65-82(126)69-117-100(128)47-41-81(125)30-11-9-22-53-114-104(131)76-48-57-120(58-49-76)70-78-28-15-18-31-84(78)102-85-43-39-79(122-59-50-74-26-16-19-33-91(74)122)66-95(85)139-96-67-80(40-44-86(96)102)123-60-51-75-27-17-20-34-92(75)123/h8,12-13,15-20,26-28,31,33-36,38-40,42-46,64,66-68,76-77,89-90H,7,9-11,14,21-25,29-30,32,37,41,47-63,65,69-72H2,1-6H3,(H12-2,110,111,112,113,114,115,116,117,118,119,127,128,129,130,131,132,133,134,135,136,140)/p+2/t77-,89+,90+/m1/s1. The number of para-hydroxylation sites is 2. The number of unbranched alkanes of at least 4 members (excludes halogenated alkanes) is 5. The second kappa shape index (κ2) is 50.3. The van der Waals surface area contributed by atoms with Gasteiger partial charge in [-0.1, -0.05) is 117 Å². The molecule has 0 spiro atoms. The van der Waals surface area contributed by atoms with Gasteiger partial charge in [-0.05, 0) is 195 Å². The molecule has 13 rings (SSSR count). The number of Topliss-reactive ketones (excluding diaryl/α,β-unsaturated/α-hetero) is 2. The topological polar surface area (TPSA) is 415 Å². The number of nitrogens with zero attached hydrogens (tertiary/aromatic N) is 5. The first-order valence-corrected chi connectivity index (χ1v) is 51.9. The number of primary amides is 1. The number of anilines is 3. The molecule has 1 aliphatic carbocycles. The van der Waals surface area contributed by atoms with Crippen LogP contribution in [0.15, 0.2) is 191 Å². The second-order valence-electron chi connectivity index (χ2n) is 38.3. The Morgan fingerprint density at radius 2 is 1.36 bits per heavy atom. The van der Waals surface area contributed by atoms with E-state index in [0.29, 0.717) is 77.4 Å². The number of rotatable bonds is 52. The minimum atomic E-state index is -4.49. The molecule has 0 aromatic heterocycles. The molecule has 750 valence electrons. The van der Waals surface area contributed by atoms with Gasteiger partial charge in [-0.25, -0.2) is 0 Å². The minimum absolute atomic E-state index is 0.00163. The number of likely N-dealkylation sites (tertiary alicyclic amines) is 1. The molecule has 6 aliphatic heterocycles. The number of ether oxygens (including phenoxy) is 2. The van der Waals surface area contributed by atoms with E-state index in [1.54, 1.807) is 6.07 Å². The summed E-state index contributed by atoms with van der Waals surface area (Å²) in [5.74, 6) is -4.26. The van der Waals surface area contributed by atoms with E-state index in [0.717, 1.165) is 120 Å². The zero-order valence-corrected chi connectivity index (χ0v) is 83.8. The van der Waals surface area contributed by atoms with Crippen LogP contribution in [-0.2, 0) is 93.0 Å². The summed E-state index contributed by atoms with van der Waals surface area (Å²) in [6.07, 6.45) is 18.9. The highest BCUT2D eigenvalue weighted by Crippen LogP contribution is 2.50. The summed E-state index contributed by atoms with van der Waals surface area (Å²) in [5, 5.41) is 29.4. The Hall–Kier alpha value is -12.5. The summed E-state index contributed by atoms with van der Waals surface area (Å²) in [6, 6.07) is 48.4. The second-order valence-corrected chi connectivity index (χ2v) is 40.1. The molecule has 0 saturated carbocycles. The van der Waals surface area contributed by atoms with Gasteiger partial charge in [-0.2, -0.15) is 30.2 Å². The molecule has 1 saturated heterocycles. The molecule has 6 aromatic carbocycles. The summed E-state index contributed by atoms with van der Waals surface area (Å²) in [4.78, 5) is 126. The van der Waals surface area contributed by atoms with Crippen LogP contribution in [0.5, 0.6) is 0 Å². The van der Waals surface area contributed by atoms with Crippen LogP contribution in [0.25, 0.3) is 33.4 Å².